The van der Waals surface area contributed by atoms with Crippen molar-refractivity contribution in [2.45, 2.75) is 31.7 Å². The van der Waals surface area contributed by atoms with Gasteiger partial charge in [0.2, 0.25) is 0 Å². The molecule has 1 aromatic carbocycles. The first kappa shape index (κ1) is 13.6. The molecule has 1 aliphatic heterocycles. The molecule has 0 saturated carbocycles. The first-order chi connectivity index (χ1) is 8.66. The van der Waals surface area contributed by atoms with E-state index in [0.717, 1.165) is 13.0 Å². The van der Waals surface area contributed by atoms with Gasteiger partial charge in [-0.05, 0) is 51.1 Å². The van der Waals surface area contributed by atoms with Crippen molar-refractivity contribution in [3.8, 4) is 0 Å². The van der Waals surface area contributed by atoms with Crippen molar-refractivity contribution in [3.63, 3.8) is 0 Å². The summed E-state index contributed by atoms with van der Waals surface area (Å²) >= 11 is 5.72. The number of anilines is 1. The van der Waals surface area contributed by atoms with Gasteiger partial charge >= 0.3 is 0 Å². The maximum atomic E-state index is 13.5. The van der Waals surface area contributed by atoms with Crippen LogP contribution in [0.25, 0.3) is 0 Å². The fraction of sp³-hybridized carbons (Fsp3) is 0.571. The normalized spacial score (nSPS) is 20.9. The molecule has 1 heterocycles. The van der Waals surface area contributed by atoms with Gasteiger partial charge in [0, 0.05) is 17.6 Å². The van der Waals surface area contributed by atoms with Crippen molar-refractivity contribution >= 4 is 17.3 Å². The van der Waals surface area contributed by atoms with Gasteiger partial charge in [-0.1, -0.05) is 18.0 Å². The van der Waals surface area contributed by atoms with E-state index in [9.17, 15) is 4.39 Å². The molecule has 1 aliphatic rings. The molecule has 2 nitrogen and oxygen atoms in total. The van der Waals surface area contributed by atoms with Gasteiger partial charge < -0.3 is 10.2 Å². The van der Waals surface area contributed by atoms with E-state index in [4.69, 9.17) is 11.6 Å². The third-order valence-corrected chi connectivity index (χ3v) is 3.88. The Labute approximate surface area is 113 Å². The van der Waals surface area contributed by atoms with E-state index in [1.165, 1.54) is 31.9 Å². The Bertz CT molecular complexity index is 397. The Kier molecular flexibility index (Phi) is 4.84. The minimum absolute atomic E-state index is 0.278. The van der Waals surface area contributed by atoms with E-state index in [0.29, 0.717) is 16.8 Å². The molecule has 0 spiro atoms. The molecular formula is C14H20ClFN2. The van der Waals surface area contributed by atoms with E-state index in [1.807, 2.05) is 0 Å². The maximum Gasteiger partial charge on any atom is 0.147 e. The summed E-state index contributed by atoms with van der Waals surface area (Å²) in [5.41, 5.74) is 0.540. The van der Waals surface area contributed by atoms with Crippen LogP contribution < -0.4 is 5.32 Å². The van der Waals surface area contributed by atoms with Gasteiger partial charge in [-0.3, -0.25) is 0 Å². The van der Waals surface area contributed by atoms with Crippen LogP contribution in [-0.2, 0) is 0 Å². The number of nitrogens with zero attached hydrogens (tertiary/aromatic N) is 1. The Hall–Kier alpha value is -0.800. The van der Waals surface area contributed by atoms with Crippen molar-refractivity contribution in [2.75, 3.05) is 25.5 Å². The van der Waals surface area contributed by atoms with Crippen LogP contribution in [-0.4, -0.2) is 31.1 Å². The van der Waals surface area contributed by atoms with Crippen LogP contribution in [0.3, 0.4) is 0 Å². The van der Waals surface area contributed by atoms with E-state index in [2.05, 4.69) is 17.3 Å². The van der Waals surface area contributed by atoms with Crippen molar-refractivity contribution < 1.29 is 4.39 Å². The molecule has 1 aromatic rings. The lowest BCUT2D eigenvalue weighted by atomic mass is 10.0. The summed E-state index contributed by atoms with van der Waals surface area (Å²) in [5.74, 6) is -0.278. The quantitative estimate of drug-likeness (QED) is 0.896. The summed E-state index contributed by atoms with van der Waals surface area (Å²) < 4.78 is 13.5. The standard InChI is InChI=1S/C14H20ClFN2/c1-18-9-3-2-4-12(18)7-8-17-14-6-5-11(15)10-13(14)16/h5-6,10,12,17H,2-4,7-9H2,1H3. The Morgan fingerprint density at radius 1 is 1.44 bits per heavy atom. The largest absolute Gasteiger partial charge is 0.383 e. The van der Waals surface area contributed by atoms with Gasteiger partial charge in [-0.25, -0.2) is 4.39 Å². The number of halogens is 2. The molecule has 18 heavy (non-hydrogen) atoms. The fourth-order valence-electron chi connectivity index (χ4n) is 2.52. The number of hydrogen-bond donors (Lipinski definition) is 1. The first-order valence-electron chi connectivity index (χ1n) is 6.56. The van der Waals surface area contributed by atoms with Crippen LogP contribution in [0.2, 0.25) is 5.02 Å². The summed E-state index contributed by atoms with van der Waals surface area (Å²) in [5, 5.41) is 3.58. The van der Waals surface area contributed by atoms with E-state index in [-0.39, 0.29) is 5.82 Å². The molecule has 0 radical (unpaired) electrons. The summed E-state index contributed by atoms with van der Waals surface area (Å²) in [4.78, 5) is 2.41. The molecule has 1 N–H and O–H groups in total. The number of hydrogen-bond acceptors (Lipinski definition) is 2. The van der Waals surface area contributed by atoms with Crippen LogP contribution in [0.15, 0.2) is 18.2 Å². The fourth-order valence-corrected chi connectivity index (χ4v) is 2.67. The van der Waals surface area contributed by atoms with Crippen LogP contribution >= 0.6 is 11.6 Å². The smallest absolute Gasteiger partial charge is 0.147 e. The van der Waals surface area contributed by atoms with Gasteiger partial charge in [-0.2, -0.15) is 0 Å². The molecule has 1 fully saturated rings. The zero-order valence-corrected chi connectivity index (χ0v) is 11.5. The second kappa shape index (κ2) is 6.39. The van der Waals surface area contributed by atoms with Gasteiger partial charge in [0.1, 0.15) is 5.82 Å². The molecule has 100 valence electrons. The topological polar surface area (TPSA) is 15.3 Å². The number of nitrogens with one attached hydrogen (secondary N) is 1. The minimum Gasteiger partial charge on any atom is -0.383 e. The monoisotopic (exact) mass is 270 g/mol. The van der Waals surface area contributed by atoms with Crippen molar-refractivity contribution in [2.24, 2.45) is 0 Å². The molecule has 1 unspecified atom stereocenters. The molecule has 1 atom stereocenters. The van der Waals surface area contributed by atoms with E-state index >= 15 is 0 Å². The van der Waals surface area contributed by atoms with Crippen LogP contribution in [0.5, 0.6) is 0 Å². The highest BCUT2D eigenvalue weighted by Gasteiger charge is 2.18. The van der Waals surface area contributed by atoms with Gasteiger partial charge in [0.15, 0.2) is 0 Å². The molecule has 2 rings (SSSR count). The zero-order chi connectivity index (χ0) is 13.0. The first-order valence-corrected chi connectivity index (χ1v) is 6.94. The predicted octanol–water partition coefficient (Wildman–Crippen LogP) is 3.77. The summed E-state index contributed by atoms with van der Waals surface area (Å²) in [6.07, 6.45) is 4.91. The van der Waals surface area contributed by atoms with E-state index < -0.39 is 0 Å². The summed E-state index contributed by atoms with van der Waals surface area (Å²) in [7, 11) is 2.17. The highest BCUT2D eigenvalue weighted by Crippen LogP contribution is 2.20. The highest BCUT2D eigenvalue weighted by molar-refractivity contribution is 6.30. The van der Waals surface area contributed by atoms with Crippen molar-refractivity contribution in [1.82, 2.24) is 4.90 Å². The van der Waals surface area contributed by atoms with Crippen molar-refractivity contribution in [3.05, 3.63) is 29.0 Å². The Morgan fingerprint density at radius 2 is 2.28 bits per heavy atom. The second-order valence-corrected chi connectivity index (χ2v) is 5.41. The number of rotatable bonds is 4. The Morgan fingerprint density at radius 3 is 3.00 bits per heavy atom. The lowest BCUT2D eigenvalue weighted by Crippen LogP contribution is -2.37. The zero-order valence-electron chi connectivity index (χ0n) is 10.8. The van der Waals surface area contributed by atoms with Gasteiger partial charge in [0.25, 0.3) is 0 Å². The van der Waals surface area contributed by atoms with E-state index in [1.54, 1.807) is 12.1 Å². The lowest BCUT2D eigenvalue weighted by molar-refractivity contribution is 0.179. The molecule has 1 saturated heterocycles. The average Bonchev–Trinajstić information content (AvgIpc) is 2.34. The molecule has 4 heteroatoms. The van der Waals surface area contributed by atoms with Gasteiger partial charge in [0.05, 0.1) is 5.69 Å². The molecule has 0 aromatic heterocycles. The predicted molar refractivity (Wildman–Crippen MR) is 74.8 cm³/mol. The molecular weight excluding hydrogens is 251 g/mol. The van der Waals surface area contributed by atoms with Crippen LogP contribution in [0.4, 0.5) is 10.1 Å². The Balaban J connectivity index is 1.81. The average molecular weight is 271 g/mol. The molecule has 0 bridgehead atoms. The highest BCUT2D eigenvalue weighted by atomic mass is 35.5. The second-order valence-electron chi connectivity index (χ2n) is 4.97. The van der Waals surface area contributed by atoms with Crippen molar-refractivity contribution in [1.29, 1.82) is 0 Å². The third kappa shape index (κ3) is 3.59. The minimum atomic E-state index is -0.278. The maximum absolute atomic E-state index is 13.5. The van der Waals surface area contributed by atoms with Crippen LogP contribution in [0.1, 0.15) is 25.7 Å². The summed E-state index contributed by atoms with van der Waals surface area (Å²) in [6.45, 7) is 1.98. The SMILES string of the molecule is CN1CCCCC1CCNc1ccc(Cl)cc1F. The third-order valence-electron chi connectivity index (χ3n) is 3.65. The van der Waals surface area contributed by atoms with Gasteiger partial charge in [-0.15, -0.1) is 0 Å². The molecule has 0 aliphatic carbocycles. The lowest BCUT2D eigenvalue weighted by Gasteiger charge is -2.32. The number of likely N-dealkylation sites (tertiary alicyclic amines) is 1. The molecule has 0 amide bonds. The summed E-state index contributed by atoms with van der Waals surface area (Å²) in [6, 6.07) is 5.38. The number of benzene rings is 1. The van der Waals surface area contributed by atoms with Crippen LogP contribution in [0, 0.1) is 5.82 Å². The number of piperidine rings is 1.